The minimum absolute atomic E-state index is 0.0781. The molecule has 6 nitrogen and oxygen atoms in total. The molecule has 6 aliphatic rings. The Balaban J connectivity index is 1.39. The molecule has 10 atom stereocenters. The fourth-order valence-corrected chi connectivity index (χ4v) is 10.4. The molecule has 1 unspecified atom stereocenters. The molecule has 37 heavy (non-hydrogen) atoms. The van der Waals surface area contributed by atoms with Crippen LogP contribution in [0.25, 0.3) is 0 Å². The summed E-state index contributed by atoms with van der Waals surface area (Å²) in [5.41, 5.74) is -4.07. The lowest BCUT2D eigenvalue weighted by molar-refractivity contribution is -0.440. The standard InChI is InChI=1S/C28H40F2O6S/c1-6-8-22-33-21-12-15-16-10-18(29)17-11-19(31)26(34-23(35-26)9-7-2)14-25(17,4)27(16,30)20(32)13-24(15,3)28(21,36-22)37-5/h11,15-16,18,20-23,32H,6-10,12-14H2,1-5H3/t15-,16-,18-,20-,21+,22?,23?,24-,25-,26?,27-,28+/m0/s1. The molecule has 0 aromatic carbocycles. The molecular formula is C28H40F2O6S. The summed E-state index contributed by atoms with van der Waals surface area (Å²) >= 11 is 1.57. The van der Waals surface area contributed by atoms with Gasteiger partial charge >= 0.3 is 0 Å². The van der Waals surface area contributed by atoms with Gasteiger partial charge in [-0.15, -0.1) is 11.8 Å². The van der Waals surface area contributed by atoms with Crippen molar-refractivity contribution in [2.45, 2.75) is 126 Å². The van der Waals surface area contributed by atoms with Crippen LogP contribution in [0, 0.1) is 22.7 Å². The fraction of sp³-hybridized carbons (Fsp3) is 0.893. The van der Waals surface area contributed by atoms with Gasteiger partial charge in [-0.1, -0.05) is 40.5 Å². The largest absolute Gasteiger partial charge is 0.390 e. The van der Waals surface area contributed by atoms with Crippen LogP contribution in [0.5, 0.6) is 0 Å². The van der Waals surface area contributed by atoms with E-state index in [9.17, 15) is 9.90 Å². The van der Waals surface area contributed by atoms with Crippen molar-refractivity contribution in [3.05, 3.63) is 11.6 Å². The van der Waals surface area contributed by atoms with Crippen molar-refractivity contribution in [2.24, 2.45) is 22.7 Å². The fourth-order valence-electron chi connectivity index (χ4n) is 9.11. The number of hydrogen-bond acceptors (Lipinski definition) is 7. The van der Waals surface area contributed by atoms with Gasteiger partial charge in [0.2, 0.25) is 11.6 Å². The molecule has 6 rings (SSSR count). The summed E-state index contributed by atoms with van der Waals surface area (Å²) in [5, 5.41) is 11.7. The first-order valence-electron chi connectivity index (χ1n) is 14.0. The van der Waals surface area contributed by atoms with E-state index in [1.165, 1.54) is 6.08 Å². The molecule has 9 heteroatoms. The molecule has 1 spiro atoms. The Morgan fingerprint density at radius 1 is 1.08 bits per heavy atom. The van der Waals surface area contributed by atoms with Crippen molar-refractivity contribution in [3.8, 4) is 0 Å². The van der Waals surface area contributed by atoms with Crippen molar-refractivity contribution in [1.29, 1.82) is 0 Å². The van der Waals surface area contributed by atoms with E-state index >= 15 is 8.78 Å². The minimum atomic E-state index is -2.15. The number of ketones is 1. The molecule has 2 aliphatic heterocycles. The number of allylic oxidation sites excluding steroid dienone is 1. The van der Waals surface area contributed by atoms with E-state index in [4.69, 9.17) is 18.9 Å². The molecule has 2 heterocycles. The number of hydrogen-bond donors (Lipinski definition) is 1. The van der Waals surface area contributed by atoms with Crippen molar-refractivity contribution in [2.75, 3.05) is 6.26 Å². The third kappa shape index (κ3) is 3.13. The molecule has 4 aliphatic carbocycles. The predicted molar refractivity (Wildman–Crippen MR) is 134 cm³/mol. The average molecular weight is 543 g/mol. The third-order valence-corrected chi connectivity index (χ3v) is 12.2. The summed E-state index contributed by atoms with van der Waals surface area (Å²) in [5.74, 6) is -3.08. The van der Waals surface area contributed by atoms with Crippen LogP contribution in [0.1, 0.15) is 79.1 Å². The SMILES string of the molecule is CCCC1OC2(C[C@@]3(C)C(=CC2=O)[C@@H](F)C[C@H]2[C@@H]4C[C@H]5OC(CCC)O[C@]5(SC)[C@@]4(C)C[C@H](O)[C@@]23F)O1. The number of ether oxygens (including phenoxy) is 4. The van der Waals surface area contributed by atoms with Crippen molar-refractivity contribution in [3.63, 3.8) is 0 Å². The summed E-state index contributed by atoms with van der Waals surface area (Å²) in [6.07, 6.45) is 2.88. The Labute approximate surface area is 222 Å². The quantitative estimate of drug-likeness (QED) is 0.511. The maximum Gasteiger partial charge on any atom is 0.238 e. The number of aliphatic hydroxyl groups excluding tert-OH is 1. The summed E-state index contributed by atoms with van der Waals surface area (Å²) in [7, 11) is 0. The van der Waals surface area contributed by atoms with E-state index in [0.29, 0.717) is 12.8 Å². The van der Waals surface area contributed by atoms with Crippen LogP contribution in [-0.2, 0) is 23.7 Å². The zero-order valence-electron chi connectivity index (χ0n) is 22.4. The number of carbonyl (C=O) groups excluding carboxylic acids is 1. The topological polar surface area (TPSA) is 74.2 Å². The van der Waals surface area contributed by atoms with Gasteiger partial charge in [-0.05, 0) is 55.9 Å². The van der Waals surface area contributed by atoms with E-state index in [1.54, 1.807) is 18.7 Å². The highest BCUT2D eigenvalue weighted by atomic mass is 32.2. The normalized spacial score (nSPS) is 56.3. The van der Waals surface area contributed by atoms with Gasteiger partial charge in [0.15, 0.2) is 12.6 Å². The molecule has 0 amide bonds. The lowest BCUT2D eigenvalue weighted by Gasteiger charge is -2.65. The van der Waals surface area contributed by atoms with Crippen molar-refractivity contribution < 1.29 is 37.6 Å². The van der Waals surface area contributed by atoms with Crippen LogP contribution >= 0.6 is 11.8 Å². The second-order valence-corrected chi connectivity index (χ2v) is 13.6. The van der Waals surface area contributed by atoms with E-state index in [-0.39, 0.29) is 43.1 Å². The Morgan fingerprint density at radius 3 is 2.41 bits per heavy atom. The minimum Gasteiger partial charge on any atom is -0.390 e. The molecule has 208 valence electrons. The summed E-state index contributed by atoms with van der Waals surface area (Å²) in [4.78, 5) is 12.3. The second-order valence-electron chi connectivity index (χ2n) is 12.6. The van der Waals surface area contributed by atoms with E-state index in [0.717, 1.165) is 19.3 Å². The number of fused-ring (bicyclic) bond motifs is 7. The van der Waals surface area contributed by atoms with Gasteiger partial charge in [0, 0.05) is 23.2 Å². The first-order chi connectivity index (χ1) is 17.4. The number of rotatable bonds is 5. The Morgan fingerprint density at radius 2 is 1.76 bits per heavy atom. The molecule has 0 aromatic rings. The molecular weight excluding hydrogens is 502 g/mol. The first kappa shape index (κ1) is 26.6. The molecule has 3 saturated carbocycles. The number of halogens is 2. The number of carbonyl (C=O) groups is 1. The number of aliphatic hydroxyl groups is 1. The summed E-state index contributed by atoms with van der Waals surface area (Å²) < 4.78 is 58.6. The highest BCUT2D eigenvalue weighted by Gasteiger charge is 2.80. The van der Waals surface area contributed by atoms with Crippen LogP contribution in [0.2, 0.25) is 0 Å². The van der Waals surface area contributed by atoms with Crippen LogP contribution in [0.4, 0.5) is 8.78 Å². The van der Waals surface area contributed by atoms with E-state index < -0.39 is 57.5 Å². The van der Waals surface area contributed by atoms with Gasteiger partial charge < -0.3 is 24.1 Å². The predicted octanol–water partition coefficient (Wildman–Crippen LogP) is 5.22. The van der Waals surface area contributed by atoms with Gasteiger partial charge in [-0.3, -0.25) is 4.79 Å². The van der Waals surface area contributed by atoms with Crippen molar-refractivity contribution >= 4 is 17.5 Å². The molecule has 0 aromatic heterocycles. The maximum atomic E-state index is 17.8. The maximum absolute atomic E-state index is 17.8. The van der Waals surface area contributed by atoms with Crippen LogP contribution in [-0.4, -0.2) is 64.5 Å². The number of alkyl halides is 2. The van der Waals surface area contributed by atoms with Gasteiger partial charge in [-0.2, -0.15) is 0 Å². The molecule has 0 bridgehead atoms. The Hall–Kier alpha value is -0.580. The third-order valence-electron chi connectivity index (χ3n) is 10.8. The van der Waals surface area contributed by atoms with E-state index in [2.05, 4.69) is 13.8 Å². The lowest BCUT2D eigenvalue weighted by atomic mass is 9.44. The van der Waals surface area contributed by atoms with Crippen molar-refractivity contribution in [1.82, 2.24) is 0 Å². The molecule has 1 N–H and O–H groups in total. The summed E-state index contributed by atoms with van der Waals surface area (Å²) in [6.45, 7) is 7.79. The highest BCUT2D eigenvalue weighted by Crippen LogP contribution is 2.74. The van der Waals surface area contributed by atoms with Gasteiger partial charge in [0.1, 0.15) is 16.8 Å². The van der Waals surface area contributed by atoms with Crippen LogP contribution in [0.15, 0.2) is 11.6 Å². The molecule has 2 saturated heterocycles. The zero-order chi connectivity index (χ0) is 26.6. The highest BCUT2D eigenvalue weighted by molar-refractivity contribution is 7.99. The molecule has 0 radical (unpaired) electrons. The van der Waals surface area contributed by atoms with Gasteiger partial charge in [0.25, 0.3) is 0 Å². The zero-order valence-corrected chi connectivity index (χ0v) is 23.2. The smallest absolute Gasteiger partial charge is 0.238 e. The molecule has 5 fully saturated rings. The van der Waals surface area contributed by atoms with E-state index in [1.807, 2.05) is 13.2 Å². The van der Waals surface area contributed by atoms with Crippen LogP contribution in [0.3, 0.4) is 0 Å². The summed E-state index contributed by atoms with van der Waals surface area (Å²) in [6, 6.07) is 0. The lowest BCUT2D eigenvalue weighted by Crippen LogP contribution is -2.73. The Bertz CT molecular complexity index is 1000. The monoisotopic (exact) mass is 542 g/mol. The average Bonchev–Trinajstić information content (AvgIpc) is 3.28. The Kier molecular flexibility index (Phi) is 6.09. The van der Waals surface area contributed by atoms with Gasteiger partial charge in [0.05, 0.1) is 12.2 Å². The number of thioether (sulfide) groups is 1. The second kappa shape index (κ2) is 8.46. The van der Waals surface area contributed by atoms with Gasteiger partial charge in [-0.25, -0.2) is 8.78 Å². The first-order valence-corrected chi connectivity index (χ1v) is 15.2. The van der Waals surface area contributed by atoms with Crippen LogP contribution < -0.4 is 0 Å².